The second-order valence-electron chi connectivity index (χ2n) is 5.86. The zero-order valence-corrected chi connectivity index (χ0v) is 14.5. The molecule has 0 atom stereocenters. The van der Waals surface area contributed by atoms with Crippen LogP contribution in [0, 0.1) is 17.5 Å². The number of rotatable bonds is 4. The van der Waals surface area contributed by atoms with Gasteiger partial charge < -0.3 is 9.72 Å². The molecule has 0 spiro atoms. The Kier molecular flexibility index (Phi) is 4.49. The number of H-pyrrole nitrogens is 1. The van der Waals surface area contributed by atoms with E-state index in [1.54, 1.807) is 12.3 Å². The molecule has 0 saturated heterocycles. The highest BCUT2D eigenvalue weighted by atomic mass is 35.5. The van der Waals surface area contributed by atoms with Gasteiger partial charge in [-0.3, -0.25) is 0 Å². The number of nitrogens with zero attached hydrogens (tertiary/aromatic N) is 1. The van der Waals surface area contributed by atoms with E-state index in [1.807, 2.05) is 0 Å². The molecule has 0 aliphatic rings. The molecule has 2 heterocycles. The third-order valence-electron chi connectivity index (χ3n) is 4.18. The zero-order chi connectivity index (χ0) is 19.0. The van der Waals surface area contributed by atoms with Crippen molar-refractivity contribution in [2.45, 2.75) is 6.61 Å². The van der Waals surface area contributed by atoms with Crippen molar-refractivity contribution >= 4 is 22.6 Å². The first kappa shape index (κ1) is 17.4. The van der Waals surface area contributed by atoms with Crippen molar-refractivity contribution in [3.63, 3.8) is 0 Å². The number of halogens is 4. The number of pyridine rings is 1. The lowest BCUT2D eigenvalue weighted by molar-refractivity contribution is 0.284. The van der Waals surface area contributed by atoms with Crippen LogP contribution in [0.4, 0.5) is 13.2 Å². The van der Waals surface area contributed by atoms with E-state index in [2.05, 4.69) is 9.97 Å². The van der Waals surface area contributed by atoms with Crippen LogP contribution in [0.2, 0.25) is 5.02 Å². The normalized spacial score (nSPS) is 11.1. The summed E-state index contributed by atoms with van der Waals surface area (Å²) in [6, 6.07) is 9.61. The predicted octanol–water partition coefficient (Wildman–Crippen LogP) is 5.88. The van der Waals surface area contributed by atoms with E-state index in [1.165, 1.54) is 30.5 Å². The molecule has 136 valence electrons. The molecular formula is C20H12ClF3N2O. The van der Waals surface area contributed by atoms with Crippen LogP contribution in [-0.4, -0.2) is 9.97 Å². The van der Waals surface area contributed by atoms with Crippen molar-refractivity contribution in [3.05, 3.63) is 82.9 Å². The van der Waals surface area contributed by atoms with E-state index in [9.17, 15) is 8.78 Å². The zero-order valence-electron chi connectivity index (χ0n) is 13.8. The first-order chi connectivity index (χ1) is 13.0. The Balaban J connectivity index is 1.72. The SMILES string of the molecule is Fc1cc(Cl)ccc1COc1ccc(F)c(-c2ccnc3[nH]ccc23)c1F. The van der Waals surface area contributed by atoms with Crippen molar-refractivity contribution in [2.75, 3.05) is 0 Å². The average Bonchev–Trinajstić information content (AvgIpc) is 3.12. The molecule has 0 aliphatic carbocycles. The molecule has 0 fully saturated rings. The molecule has 0 amide bonds. The van der Waals surface area contributed by atoms with Gasteiger partial charge in [-0.2, -0.15) is 0 Å². The van der Waals surface area contributed by atoms with E-state index < -0.39 is 17.5 Å². The molecule has 1 N–H and O–H groups in total. The quantitative estimate of drug-likeness (QED) is 0.474. The summed E-state index contributed by atoms with van der Waals surface area (Å²) in [5, 5.41) is 0.830. The number of benzene rings is 2. The van der Waals surface area contributed by atoms with Gasteiger partial charge in [-0.1, -0.05) is 17.7 Å². The molecule has 7 heteroatoms. The molecule has 0 radical (unpaired) electrons. The molecule has 4 aromatic rings. The summed E-state index contributed by atoms with van der Waals surface area (Å²) in [6.07, 6.45) is 3.10. The van der Waals surface area contributed by atoms with Crippen LogP contribution >= 0.6 is 11.6 Å². The molecule has 0 saturated carbocycles. The van der Waals surface area contributed by atoms with E-state index in [-0.39, 0.29) is 28.5 Å². The molecule has 4 rings (SSSR count). The minimum Gasteiger partial charge on any atom is -0.486 e. The maximum absolute atomic E-state index is 15.0. The summed E-state index contributed by atoms with van der Waals surface area (Å²) in [4.78, 5) is 7.02. The maximum Gasteiger partial charge on any atom is 0.175 e. The molecule has 0 bridgehead atoms. The number of fused-ring (bicyclic) bond motifs is 1. The predicted molar refractivity (Wildman–Crippen MR) is 97.2 cm³/mol. The van der Waals surface area contributed by atoms with Gasteiger partial charge in [0.2, 0.25) is 0 Å². The molecule has 2 aromatic heterocycles. The number of nitrogens with one attached hydrogen (secondary N) is 1. The highest BCUT2D eigenvalue weighted by molar-refractivity contribution is 6.30. The average molecular weight is 389 g/mol. The third-order valence-corrected chi connectivity index (χ3v) is 4.42. The smallest absolute Gasteiger partial charge is 0.175 e. The molecule has 27 heavy (non-hydrogen) atoms. The first-order valence-corrected chi connectivity index (χ1v) is 8.39. The minimum absolute atomic E-state index is 0.179. The number of ether oxygens (including phenoxy) is 1. The highest BCUT2D eigenvalue weighted by Crippen LogP contribution is 2.35. The van der Waals surface area contributed by atoms with Crippen LogP contribution in [0.5, 0.6) is 5.75 Å². The van der Waals surface area contributed by atoms with E-state index in [4.69, 9.17) is 16.3 Å². The highest BCUT2D eigenvalue weighted by Gasteiger charge is 2.19. The number of hydrogen-bond donors (Lipinski definition) is 1. The van der Waals surface area contributed by atoms with Gasteiger partial charge in [-0.15, -0.1) is 0 Å². The Bertz CT molecular complexity index is 1140. The standard InChI is InChI=1S/C20H12ClF3N2O/c21-12-2-1-11(16(23)9-12)10-27-17-4-3-15(22)18(19(17)24)13-5-7-25-20-14(13)6-8-26-20/h1-9H,10H2,(H,25,26). The molecule has 2 aromatic carbocycles. The Labute approximate surface area is 157 Å². The molecule has 0 unspecified atom stereocenters. The van der Waals surface area contributed by atoms with Gasteiger partial charge in [-0.05, 0) is 36.4 Å². The summed E-state index contributed by atoms with van der Waals surface area (Å²) in [5.41, 5.74) is 0.845. The van der Waals surface area contributed by atoms with E-state index >= 15 is 4.39 Å². The monoisotopic (exact) mass is 388 g/mol. The minimum atomic E-state index is -0.863. The second-order valence-corrected chi connectivity index (χ2v) is 6.29. The molecular weight excluding hydrogens is 377 g/mol. The van der Waals surface area contributed by atoms with Crippen molar-refractivity contribution in [1.29, 1.82) is 0 Å². The van der Waals surface area contributed by atoms with Crippen LogP contribution in [-0.2, 0) is 6.61 Å². The lowest BCUT2D eigenvalue weighted by atomic mass is 10.0. The van der Waals surface area contributed by atoms with Crippen molar-refractivity contribution < 1.29 is 17.9 Å². The van der Waals surface area contributed by atoms with E-state index in [0.29, 0.717) is 16.6 Å². The van der Waals surface area contributed by atoms with Crippen LogP contribution in [0.15, 0.2) is 54.9 Å². The fourth-order valence-corrected chi connectivity index (χ4v) is 3.02. The first-order valence-electron chi connectivity index (χ1n) is 8.02. The third kappa shape index (κ3) is 3.24. The van der Waals surface area contributed by atoms with Crippen LogP contribution in [0.25, 0.3) is 22.2 Å². The summed E-state index contributed by atoms with van der Waals surface area (Å²) in [7, 11) is 0. The molecule has 0 aliphatic heterocycles. The Morgan fingerprint density at radius 1 is 1.00 bits per heavy atom. The van der Waals surface area contributed by atoms with Crippen molar-refractivity contribution in [1.82, 2.24) is 9.97 Å². The van der Waals surface area contributed by atoms with Gasteiger partial charge in [-0.25, -0.2) is 18.2 Å². The lowest BCUT2D eigenvalue weighted by Crippen LogP contribution is -2.02. The fraction of sp³-hybridized carbons (Fsp3) is 0.0500. The van der Waals surface area contributed by atoms with Crippen LogP contribution in [0.1, 0.15) is 5.56 Å². The summed E-state index contributed by atoms with van der Waals surface area (Å²) >= 11 is 5.71. The Hall–Kier alpha value is -2.99. The van der Waals surface area contributed by atoms with E-state index in [0.717, 1.165) is 12.1 Å². The number of aromatic nitrogens is 2. The van der Waals surface area contributed by atoms with Gasteiger partial charge >= 0.3 is 0 Å². The summed E-state index contributed by atoms with van der Waals surface area (Å²) in [6.45, 7) is -0.221. The number of hydrogen-bond acceptors (Lipinski definition) is 2. The Morgan fingerprint density at radius 3 is 2.67 bits per heavy atom. The number of aromatic amines is 1. The topological polar surface area (TPSA) is 37.9 Å². The van der Waals surface area contributed by atoms with Crippen LogP contribution < -0.4 is 4.74 Å². The van der Waals surface area contributed by atoms with Gasteiger partial charge in [0.15, 0.2) is 11.6 Å². The Morgan fingerprint density at radius 2 is 1.85 bits per heavy atom. The van der Waals surface area contributed by atoms with Gasteiger partial charge in [0, 0.05) is 33.9 Å². The summed E-state index contributed by atoms with van der Waals surface area (Å²) < 4.78 is 48.7. The molecule has 3 nitrogen and oxygen atoms in total. The van der Waals surface area contributed by atoms with Crippen LogP contribution in [0.3, 0.4) is 0 Å². The lowest BCUT2D eigenvalue weighted by Gasteiger charge is -2.12. The second kappa shape index (κ2) is 6.96. The van der Waals surface area contributed by atoms with Crippen molar-refractivity contribution in [2.24, 2.45) is 0 Å². The van der Waals surface area contributed by atoms with Gasteiger partial charge in [0.05, 0.1) is 5.56 Å². The van der Waals surface area contributed by atoms with Crippen molar-refractivity contribution in [3.8, 4) is 16.9 Å². The maximum atomic E-state index is 15.0. The van der Waals surface area contributed by atoms with Gasteiger partial charge in [0.1, 0.15) is 23.9 Å². The summed E-state index contributed by atoms with van der Waals surface area (Å²) in [5.74, 6) is -2.33. The van der Waals surface area contributed by atoms with Gasteiger partial charge in [0.25, 0.3) is 0 Å². The largest absolute Gasteiger partial charge is 0.486 e. The fourth-order valence-electron chi connectivity index (χ4n) is 2.86.